The van der Waals surface area contributed by atoms with Crippen LogP contribution in [0.1, 0.15) is 0 Å². The molecule has 0 amide bonds. The lowest BCUT2D eigenvalue weighted by Gasteiger charge is -2.30. The smallest absolute Gasteiger partial charge is 0.264 e. The van der Waals surface area contributed by atoms with Gasteiger partial charge >= 0.3 is 0 Å². The third kappa shape index (κ3) is 3.23. The number of benzene rings is 1. The van der Waals surface area contributed by atoms with Crippen LogP contribution in [0.5, 0.6) is 0 Å². The lowest BCUT2D eigenvalue weighted by molar-refractivity contribution is 0.123. The molecule has 4 rings (SSSR count). The van der Waals surface area contributed by atoms with Crippen molar-refractivity contribution in [1.82, 2.24) is 9.97 Å². The van der Waals surface area contributed by atoms with Crippen LogP contribution in [0.2, 0.25) is 5.02 Å². The zero-order valence-electron chi connectivity index (χ0n) is 13.8. The van der Waals surface area contributed by atoms with Crippen LogP contribution in [0.4, 0.5) is 11.4 Å². The summed E-state index contributed by atoms with van der Waals surface area (Å²) in [6, 6.07) is 8.61. The normalized spacial score (nSPS) is 15.3. The molecule has 9 heteroatoms. The lowest BCUT2D eigenvalue weighted by Crippen LogP contribution is -2.36. The fourth-order valence-electron chi connectivity index (χ4n) is 3.02. The third-order valence-electron chi connectivity index (χ3n) is 4.26. The van der Waals surface area contributed by atoms with Gasteiger partial charge in [-0.15, -0.1) is 0 Å². The fourth-order valence-corrected chi connectivity index (χ4v) is 4.43. The Morgan fingerprint density at radius 2 is 2.04 bits per heavy atom. The minimum atomic E-state index is -3.81. The Morgan fingerprint density at radius 1 is 1.23 bits per heavy atom. The van der Waals surface area contributed by atoms with Crippen LogP contribution in [0.15, 0.2) is 47.6 Å². The summed E-state index contributed by atoms with van der Waals surface area (Å²) in [4.78, 5) is 9.25. The minimum absolute atomic E-state index is 0.147. The molecular formula is C17H17ClN4O3S. The highest BCUT2D eigenvalue weighted by molar-refractivity contribution is 7.93. The van der Waals surface area contributed by atoms with Crippen molar-refractivity contribution in [2.24, 2.45) is 0 Å². The molecule has 3 aromatic rings. The predicted molar refractivity (Wildman–Crippen MR) is 101 cm³/mol. The van der Waals surface area contributed by atoms with Crippen LogP contribution in [0.3, 0.4) is 0 Å². The van der Waals surface area contributed by atoms with E-state index >= 15 is 0 Å². The standard InChI is InChI=1S/C17H17ClN4O3S/c18-12-3-4-15(22-6-8-25-9-7-22)14(10-12)21-26(23,24)16-11-20-17-13(16)2-1-5-19-17/h1-5,10-11,21H,6-9H2,(H,19,20). The highest BCUT2D eigenvalue weighted by atomic mass is 35.5. The summed E-state index contributed by atoms with van der Waals surface area (Å²) in [7, 11) is -3.81. The van der Waals surface area contributed by atoms with Gasteiger partial charge in [-0.3, -0.25) is 4.72 Å². The van der Waals surface area contributed by atoms with E-state index in [0.717, 1.165) is 5.69 Å². The zero-order chi connectivity index (χ0) is 18.1. The average Bonchev–Trinajstić information content (AvgIpc) is 3.07. The number of hydrogen-bond acceptors (Lipinski definition) is 5. The van der Waals surface area contributed by atoms with E-state index in [2.05, 4.69) is 19.6 Å². The maximum absolute atomic E-state index is 13.0. The number of aromatic amines is 1. The van der Waals surface area contributed by atoms with Gasteiger partial charge in [-0.1, -0.05) is 11.6 Å². The highest BCUT2D eigenvalue weighted by Gasteiger charge is 2.23. The molecule has 0 bridgehead atoms. The van der Waals surface area contributed by atoms with Crippen LogP contribution in [-0.2, 0) is 14.8 Å². The van der Waals surface area contributed by atoms with E-state index in [1.165, 1.54) is 6.20 Å². The summed E-state index contributed by atoms with van der Waals surface area (Å²) in [6.07, 6.45) is 3.05. The number of fused-ring (bicyclic) bond motifs is 1. The summed E-state index contributed by atoms with van der Waals surface area (Å²) in [6.45, 7) is 2.58. The molecule has 1 aromatic carbocycles. The van der Waals surface area contributed by atoms with Crippen LogP contribution in [0.25, 0.3) is 11.0 Å². The Labute approximate surface area is 156 Å². The number of anilines is 2. The molecular weight excluding hydrogens is 376 g/mol. The Hall–Kier alpha value is -2.29. The molecule has 0 atom stereocenters. The van der Waals surface area contributed by atoms with Crippen molar-refractivity contribution >= 4 is 44.0 Å². The second-order valence-electron chi connectivity index (χ2n) is 5.92. The third-order valence-corrected chi connectivity index (χ3v) is 5.90. The molecule has 2 N–H and O–H groups in total. The number of morpholine rings is 1. The van der Waals surface area contributed by atoms with Crippen molar-refractivity contribution in [2.45, 2.75) is 4.90 Å². The first kappa shape index (κ1) is 17.1. The molecule has 136 valence electrons. The zero-order valence-corrected chi connectivity index (χ0v) is 15.3. The van der Waals surface area contributed by atoms with Gasteiger partial charge < -0.3 is 14.6 Å². The summed E-state index contributed by atoms with van der Waals surface area (Å²) >= 11 is 6.11. The van der Waals surface area contributed by atoms with Gasteiger partial charge in [0.15, 0.2) is 0 Å². The monoisotopic (exact) mass is 392 g/mol. The van der Waals surface area contributed by atoms with E-state index in [1.807, 2.05) is 6.07 Å². The quantitative estimate of drug-likeness (QED) is 0.712. The van der Waals surface area contributed by atoms with Crippen molar-refractivity contribution in [2.75, 3.05) is 35.9 Å². The van der Waals surface area contributed by atoms with Crippen LogP contribution >= 0.6 is 11.6 Å². The summed E-state index contributed by atoms with van der Waals surface area (Å²) in [5, 5.41) is 0.996. The molecule has 0 saturated carbocycles. The maximum atomic E-state index is 13.0. The number of ether oxygens (including phenoxy) is 1. The van der Waals surface area contributed by atoms with Gasteiger partial charge in [0, 0.05) is 35.9 Å². The first-order valence-corrected chi connectivity index (χ1v) is 9.98. The summed E-state index contributed by atoms with van der Waals surface area (Å²) in [5.41, 5.74) is 1.74. The molecule has 1 fully saturated rings. The van der Waals surface area contributed by atoms with Crippen molar-refractivity contribution in [3.8, 4) is 0 Å². The van der Waals surface area contributed by atoms with Crippen molar-refractivity contribution in [1.29, 1.82) is 0 Å². The van der Waals surface area contributed by atoms with E-state index in [4.69, 9.17) is 16.3 Å². The number of nitrogens with zero attached hydrogens (tertiary/aromatic N) is 2. The topological polar surface area (TPSA) is 87.3 Å². The molecule has 26 heavy (non-hydrogen) atoms. The molecule has 1 aliphatic rings. The van der Waals surface area contributed by atoms with E-state index in [0.29, 0.717) is 48.0 Å². The predicted octanol–water partition coefficient (Wildman–Crippen LogP) is 2.85. The van der Waals surface area contributed by atoms with Crippen LogP contribution < -0.4 is 9.62 Å². The SMILES string of the molecule is O=S(=O)(Nc1cc(Cl)ccc1N1CCOCC1)c1c[nH]c2ncccc12. The van der Waals surface area contributed by atoms with E-state index in [9.17, 15) is 8.42 Å². The molecule has 0 unspecified atom stereocenters. The second-order valence-corrected chi connectivity index (χ2v) is 8.01. The van der Waals surface area contributed by atoms with Gasteiger partial charge in [0.25, 0.3) is 10.0 Å². The van der Waals surface area contributed by atoms with Crippen molar-refractivity contribution in [3.05, 3.63) is 47.7 Å². The number of aromatic nitrogens is 2. The number of H-pyrrole nitrogens is 1. The molecule has 0 aliphatic carbocycles. The van der Waals surface area contributed by atoms with Gasteiger partial charge in [-0.05, 0) is 30.3 Å². The average molecular weight is 393 g/mol. The second kappa shape index (κ2) is 6.79. The number of sulfonamides is 1. The summed E-state index contributed by atoms with van der Waals surface area (Å²) in [5.74, 6) is 0. The molecule has 7 nitrogen and oxygen atoms in total. The van der Waals surface area contributed by atoms with Gasteiger partial charge in [-0.2, -0.15) is 0 Å². The Morgan fingerprint density at radius 3 is 2.85 bits per heavy atom. The van der Waals surface area contributed by atoms with Gasteiger partial charge in [0.2, 0.25) is 0 Å². The van der Waals surface area contributed by atoms with E-state index in [1.54, 1.807) is 30.5 Å². The van der Waals surface area contributed by atoms with Crippen LogP contribution in [-0.4, -0.2) is 44.7 Å². The maximum Gasteiger partial charge on any atom is 0.264 e. The minimum Gasteiger partial charge on any atom is -0.378 e. The summed E-state index contributed by atoms with van der Waals surface area (Å²) < 4.78 is 34.0. The lowest BCUT2D eigenvalue weighted by atomic mass is 10.2. The number of nitrogens with one attached hydrogen (secondary N) is 2. The number of pyridine rings is 1. The van der Waals surface area contributed by atoms with Gasteiger partial charge in [-0.25, -0.2) is 13.4 Å². The molecule has 0 spiro atoms. The molecule has 2 aromatic heterocycles. The largest absolute Gasteiger partial charge is 0.378 e. The fraction of sp³-hybridized carbons (Fsp3) is 0.235. The molecule has 3 heterocycles. The first-order chi connectivity index (χ1) is 12.5. The van der Waals surface area contributed by atoms with Crippen LogP contribution in [0, 0.1) is 0 Å². The van der Waals surface area contributed by atoms with Crippen molar-refractivity contribution < 1.29 is 13.2 Å². The molecule has 1 aliphatic heterocycles. The van der Waals surface area contributed by atoms with Crippen molar-refractivity contribution in [3.63, 3.8) is 0 Å². The van der Waals surface area contributed by atoms with Gasteiger partial charge in [0.05, 0.1) is 24.6 Å². The number of rotatable bonds is 4. The molecule has 0 radical (unpaired) electrons. The van der Waals surface area contributed by atoms with Gasteiger partial charge in [0.1, 0.15) is 10.5 Å². The molecule has 1 saturated heterocycles. The Bertz CT molecular complexity index is 1050. The number of hydrogen-bond donors (Lipinski definition) is 2. The first-order valence-electron chi connectivity index (χ1n) is 8.12. The highest BCUT2D eigenvalue weighted by Crippen LogP contribution is 2.32. The van der Waals surface area contributed by atoms with E-state index < -0.39 is 10.0 Å². The Balaban J connectivity index is 1.73. The van der Waals surface area contributed by atoms with E-state index in [-0.39, 0.29) is 4.90 Å². The number of halogens is 1. The Kier molecular flexibility index (Phi) is 4.47.